The Labute approximate surface area is 69.1 Å². The molecule has 0 bridgehead atoms. The lowest BCUT2D eigenvalue weighted by Gasteiger charge is -2.04. The number of nitrogens with zero attached hydrogens (tertiary/aromatic N) is 3. The molecule has 0 aliphatic rings. The number of carbonyl (C=O) groups is 2. The smallest absolute Gasteiger partial charge is 0.322 e. The molecule has 12 heavy (non-hydrogen) atoms. The van der Waals surface area contributed by atoms with Crippen LogP contribution in [0.1, 0.15) is 20.3 Å². The van der Waals surface area contributed by atoms with Crippen molar-refractivity contribution >= 4 is 11.9 Å². The quantitative estimate of drug-likeness (QED) is 0.210. The highest BCUT2D eigenvalue weighted by Gasteiger charge is 2.17. The highest BCUT2D eigenvalue weighted by Crippen LogP contribution is 2.00. The van der Waals surface area contributed by atoms with Gasteiger partial charge in [-0.15, -0.1) is 0 Å². The third-order valence-electron chi connectivity index (χ3n) is 1.09. The fourth-order valence-corrected chi connectivity index (χ4v) is 0.567. The predicted octanol–water partition coefficient (Wildman–Crippen LogP) is 1.17. The second-order valence-corrected chi connectivity index (χ2v) is 2.04. The number of carbonyl (C=O) groups excluding carboxylic acids is 2. The Morgan fingerprint density at radius 2 is 2.25 bits per heavy atom. The van der Waals surface area contributed by atoms with Gasteiger partial charge in [0, 0.05) is 11.8 Å². The van der Waals surface area contributed by atoms with Crippen molar-refractivity contribution in [2.45, 2.75) is 26.3 Å². The summed E-state index contributed by atoms with van der Waals surface area (Å²) in [6, 6.07) is -0.904. The predicted molar refractivity (Wildman–Crippen MR) is 40.0 cm³/mol. The van der Waals surface area contributed by atoms with Crippen LogP contribution in [0.5, 0.6) is 0 Å². The van der Waals surface area contributed by atoms with Crippen LogP contribution in [0, 0.1) is 0 Å². The van der Waals surface area contributed by atoms with Crippen LogP contribution in [-0.2, 0) is 14.3 Å². The first-order valence-electron chi connectivity index (χ1n) is 3.38. The van der Waals surface area contributed by atoms with Crippen molar-refractivity contribution in [1.82, 2.24) is 0 Å². The van der Waals surface area contributed by atoms with Crippen molar-refractivity contribution in [3.05, 3.63) is 10.4 Å². The molecule has 0 radical (unpaired) electrons. The molecule has 0 N–H and O–H groups in total. The van der Waals surface area contributed by atoms with Gasteiger partial charge in [-0.1, -0.05) is 12.0 Å². The molecule has 0 heterocycles. The second-order valence-electron chi connectivity index (χ2n) is 2.04. The number of rotatable bonds is 3. The van der Waals surface area contributed by atoms with Crippen LogP contribution in [0.3, 0.4) is 0 Å². The van der Waals surface area contributed by atoms with Gasteiger partial charge in [0.15, 0.2) is 0 Å². The molecule has 0 aliphatic heterocycles. The molecule has 0 saturated heterocycles. The summed E-state index contributed by atoms with van der Waals surface area (Å²) in [5.41, 5.74) is 8.02. The van der Waals surface area contributed by atoms with Crippen molar-refractivity contribution in [3.63, 3.8) is 0 Å². The van der Waals surface area contributed by atoms with E-state index in [9.17, 15) is 9.59 Å². The molecular formula is C6H9N3O3. The van der Waals surface area contributed by atoms with E-state index in [0.717, 1.165) is 6.92 Å². The Kier molecular flexibility index (Phi) is 4.48. The van der Waals surface area contributed by atoms with Crippen LogP contribution in [-0.4, -0.2) is 18.0 Å². The molecule has 0 aromatic heterocycles. The van der Waals surface area contributed by atoms with Gasteiger partial charge in [0.25, 0.3) is 0 Å². The summed E-state index contributed by atoms with van der Waals surface area (Å²) in [5, 5.41) is 3.15. The molecule has 6 heteroatoms. The molecular weight excluding hydrogens is 162 g/mol. The van der Waals surface area contributed by atoms with Gasteiger partial charge in [0.2, 0.25) is 0 Å². The maximum Gasteiger partial charge on any atom is 0.322 e. The van der Waals surface area contributed by atoms with Crippen LogP contribution in [0.15, 0.2) is 5.11 Å². The first kappa shape index (κ1) is 10.4. The lowest BCUT2D eigenvalue weighted by molar-refractivity contribution is -0.159. The van der Waals surface area contributed by atoms with Crippen molar-refractivity contribution in [2.24, 2.45) is 5.11 Å². The Morgan fingerprint density at radius 3 is 2.58 bits per heavy atom. The standard InChI is InChI=1S/C6H9N3O3/c1-3-5(8-9-7)6(11)12-4(2)10/h5H,3H2,1-2H3. The minimum Gasteiger partial charge on any atom is -0.393 e. The maximum atomic E-state index is 10.9. The zero-order valence-electron chi connectivity index (χ0n) is 6.85. The van der Waals surface area contributed by atoms with E-state index >= 15 is 0 Å². The van der Waals surface area contributed by atoms with Gasteiger partial charge in [0.1, 0.15) is 6.04 Å². The fraction of sp³-hybridized carbons (Fsp3) is 0.667. The van der Waals surface area contributed by atoms with Gasteiger partial charge in [0.05, 0.1) is 0 Å². The molecule has 0 aromatic carbocycles. The van der Waals surface area contributed by atoms with E-state index in [1.54, 1.807) is 6.92 Å². The topological polar surface area (TPSA) is 92.1 Å². The van der Waals surface area contributed by atoms with Gasteiger partial charge in [-0.05, 0) is 12.0 Å². The zero-order valence-corrected chi connectivity index (χ0v) is 6.85. The molecule has 0 aromatic rings. The largest absolute Gasteiger partial charge is 0.393 e. The van der Waals surface area contributed by atoms with E-state index in [-0.39, 0.29) is 0 Å². The van der Waals surface area contributed by atoms with Crippen LogP contribution >= 0.6 is 0 Å². The van der Waals surface area contributed by atoms with Crippen LogP contribution in [0.4, 0.5) is 0 Å². The minimum absolute atomic E-state index is 0.316. The number of hydrogen-bond donors (Lipinski definition) is 0. The van der Waals surface area contributed by atoms with Crippen LogP contribution in [0.25, 0.3) is 10.4 Å². The van der Waals surface area contributed by atoms with Gasteiger partial charge in [-0.3, -0.25) is 9.59 Å². The Balaban J connectivity index is 4.21. The molecule has 66 valence electrons. The van der Waals surface area contributed by atoms with E-state index in [1.165, 1.54) is 0 Å². The number of azide groups is 1. The summed E-state index contributed by atoms with van der Waals surface area (Å²) in [7, 11) is 0. The summed E-state index contributed by atoms with van der Waals surface area (Å²) in [4.78, 5) is 23.6. The number of esters is 2. The molecule has 1 unspecified atom stereocenters. The van der Waals surface area contributed by atoms with Crippen LogP contribution in [0.2, 0.25) is 0 Å². The van der Waals surface area contributed by atoms with E-state index in [0.29, 0.717) is 6.42 Å². The third-order valence-corrected chi connectivity index (χ3v) is 1.09. The Morgan fingerprint density at radius 1 is 1.67 bits per heavy atom. The summed E-state index contributed by atoms with van der Waals surface area (Å²) in [6.07, 6.45) is 0.316. The molecule has 0 aliphatic carbocycles. The average molecular weight is 171 g/mol. The van der Waals surface area contributed by atoms with E-state index in [1.807, 2.05) is 0 Å². The molecule has 1 atom stereocenters. The molecule has 0 rings (SSSR count). The fourth-order valence-electron chi connectivity index (χ4n) is 0.567. The molecule has 0 amide bonds. The Hall–Kier alpha value is -1.55. The molecule has 0 saturated carbocycles. The van der Waals surface area contributed by atoms with Crippen molar-refractivity contribution in [1.29, 1.82) is 0 Å². The molecule has 0 spiro atoms. The normalized spacial score (nSPS) is 11.2. The third kappa shape index (κ3) is 3.58. The lowest BCUT2D eigenvalue weighted by atomic mass is 10.2. The zero-order chi connectivity index (χ0) is 9.56. The van der Waals surface area contributed by atoms with Gasteiger partial charge in [-0.25, -0.2) is 0 Å². The summed E-state index contributed by atoms with van der Waals surface area (Å²) in [6.45, 7) is 2.77. The second kappa shape index (κ2) is 5.15. The molecule has 6 nitrogen and oxygen atoms in total. The highest BCUT2D eigenvalue weighted by molar-refractivity contribution is 5.87. The number of ether oxygens (including phenoxy) is 1. The van der Waals surface area contributed by atoms with Crippen molar-refractivity contribution in [3.8, 4) is 0 Å². The SMILES string of the molecule is CCC(N=[N+]=[N-])C(=O)OC(C)=O. The lowest BCUT2D eigenvalue weighted by Crippen LogP contribution is -2.22. The van der Waals surface area contributed by atoms with E-state index in [2.05, 4.69) is 14.8 Å². The Bertz CT molecular complexity index is 232. The maximum absolute atomic E-state index is 10.9. The summed E-state index contributed by atoms with van der Waals surface area (Å²) in [5.74, 6) is -1.51. The van der Waals surface area contributed by atoms with Crippen LogP contribution < -0.4 is 0 Å². The minimum atomic E-state index is -0.904. The van der Waals surface area contributed by atoms with Gasteiger partial charge in [-0.2, -0.15) is 0 Å². The van der Waals surface area contributed by atoms with Gasteiger partial charge < -0.3 is 4.74 Å². The average Bonchev–Trinajstić information content (AvgIpc) is 1.98. The molecule has 0 fully saturated rings. The van der Waals surface area contributed by atoms with Crippen molar-refractivity contribution in [2.75, 3.05) is 0 Å². The highest BCUT2D eigenvalue weighted by atomic mass is 16.6. The summed E-state index contributed by atoms with van der Waals surface area (Å²) >= 11 is 0. The van der Waals surface area contributed by atoms with E-state index in [4.69, 9.17) is 5.53 Å². The number of hydrogen-bond acceptors (Lipinski definition) is 4. The monoisotopic (exact) mass is 171 g/mol. The van der Waals surface area contributed by atoms with Crippen molar-refractivity contribution < 1.29 is 14.3 Å². The van der Waals surface area contributed by atoms with Gasteiger partial charge >= 0.3 is 11.9 Å². The first-order chi connectivity index (χ1) is 5.61. The summed E-state index contributed by atoms with van der Waals surface area (Å²) < 4.78 is 4.21. The van der Waals surface area contributed by atoms with E-state index < -0.39 is 18.0 Å². The first-order valence-corrected chi connectivity index (χ1v) is 3.38.